The van der Waals surface area contributed by atoms with Crippen molar-refractivity contribution in [3.8, 4) is 0 Å². The first kappa shape index (κ1) is 14.5. The molecule has 2 aromatic rings. The van der Waals surface area contributed by atoms with Crippen molar-refractivity contribution in [1.29, 1.82) is 0 Å². The lowest BCUT2D eigenvalue weighted by atomic mass is 10.1. The molecule has 0 fully saturated rings. The van der Waals surface area contributed by atoms with E-state index in [2.05, 4.69) is 34.6 Å². The Morgan fingerprint density at radius 3 is 2.47 bits per heavy atom. The van der Waals surface area contributed by atoms with Gasteiger partial charge < -0.3 is 5.73 Å². The van der Waals surface area contributed by atoms with Gasteiger partial charge in [-0.3, -0.25) is 0 Å². The number of halogens is 2. The predicted octanol–water partition coefficient (Wildman–Crippen LogP) is 5.70. The van der Waals surface area contributed by atoms with Crippen LogP contribution in [0.2, 0.25) is 5.02 Å². The lowest BCUT2D eigenvalue weighted by molar-refractivity contribution is 1.22. The Labute approximate surface area is 131 Å². The molecule has 0 aromatic heterocycles. The number of benzene rings is 2. The van der Waals surface area contributed by atoms with Crippen molar-refractivity contribution in [2.24, 2.45) is 0 Å². The van der Waals surface area contributed by atoms with Gasteiger partial charge in [-0.15, -0.1) is 18.3 Å². The average molecular weight is 355 g/mol. The fraction of sp³-hybridized carbons (Fsp3) is 0.0667. The van der Waals surface area contributed by atoms with Gasteiger partial charge in [0.25, 0.3) is 0 Å². The van der Waals surface area contributed by atoms with E-state index in [1.807, 2.05) is 30.3 Å². The third-order valence-electron chi connectivity index (χ3n) is 2.64. The summed E-state index contributed by atoms with van der Waals surface area (Å²) >= 11 is 11.0. The zero-order valence-corrected chi connectivity index (χ0v) is 13.3. The standard InChI is InChI=1S/C15H13BrClNS/c1-2-14(10-3-5-11(16)6-4-10)19-15-8-7-12(17)9-13(15)18/h2-9,14H,1,18H2/t14-/m1/s1. The van der Waals surface area contributed by atoms with Gasteiger partial charge in [-0.2, -0.15) is 0 Å². The quantitative estimate of drug-likeness (QED) is 0.433. The second-order valence-electron chi connectivity index (χ2n) is 4.01. The van der Waals surface area contributed by atoms with Crippen LogP contribution in [0.1, 0.15) is 10.8 Å². The minimum Gasteiger partial charge on any atom is -0.398 e. The molecule has 0 bridgehead atoms. The Balaban J connectivity index is 2.23. The summed E-state index contributed by atoms with van der Waals surface area (Å²) in [6, 6.07) is 13.8. The monoisotopic (exact) mass is 353 g/mol. The van der Waals surface area contributed by atoms with Crippen LogP contribution >= 0.6 is 39.3 Å². The number of thioether (sulfide) groups is 1. The number of nitrogens with two attached hydrogens (primary N) is 1. The zero-order valence-electron chi connectivity index (χ0n) is 10.1. The molecule has 1 atom stereocenters. The van der Waals surface area contributed by atoms with Crippen LogP contribution in [0.5, 0.6) is 0 Å². The maximum atomic E-state index is 5.98. The van der Waals surface area contributed by atoms with Crippen LogP contribution in [-0.4, -0.2) is 0 Å². The Hall–Kier alpha value is -0.900. The van der Waals surface area contributed by atoms with E-state index in [1.54, 1.807) is 17.8 Å². The van der Waals surface area contributed by atoms with Crippen LogP contribution in [0.3, 0.4) is 0 Å². The lowest BCUT2D eigenvalue weighted by Crippen LogP contribution is -1.93. The molecular formula is C15H13BrClNS. The highest BCUT2D eigenvalue weighted by Crippen LogP contribution is 2.39. The number of anilines is 1. The maximum Gasteiger partial charge on any atom is 0.0522 e. The summed E-state index contributed by atoms with van der Waals surface area (Å²) in [5.74, 6) is 0. The van der Waals surface area contributed by atoms with Gasteiger partial charge in [0.2, 0.25) is 0 Å². The highest BCUT2D eigenvalue weighted by Gasteiger charge is 2.11. The van der Waals surface area contributed by atoms with Gasteiger partial charge in [0.1, 0.15) is 0 Å². The Kier molecular flexibility index (Phi) is 4.97. The summed E-state index contributed by atoms with van der Waals surface area (Å²) < 4.78 is 1.06. The Morgan fingerprint density at radius 1 is 1.21 bits per heavy atom. The zero-order chi connectivity index (χ0) is 13.8. The fourth-order valence-electron chi connectivity index (χ4n) is 1.67. The molecule has 0 aliphatic rings. The van der Waals surface area contributed by atoms with Gasteiger partial charge in [-0.1, -0.05) is 45.7 Å². The normalized spacial score (nSPS) is 12.1. The summed E-state index contributed by atoms with van der Waals surface area (Å²) in [5, 5.41) is 0.817. The average Bonchev–Trinajstić information content (AvgIpc) is 2.39. The van der Waals surface area contributed by atoms with Crippen molar-refractivity contribution in [1.82, 2.24) is 0 Å². The van der Waals surface area contributed by atoms with E-state index < -0.39 is 0 Å². The first-order valence-corrected chi connectivity index (χ1v) is 7.75. The highest BCUT2D eigenvalue weighted by atomic mass is 79.9. The Bertz CT molecular complexity index is 583. The summed E-state index contributed by atoms with van der Waals surface area (Å²) in [5.41, 5.74) is 7.87. The molecule has 19 heavy (non-hydrogen) atoms. The van der Waals surface area contributed by atoms with Gasteiger partial charge in [0, 0.05) is 20.1 Å². The summed E-state index contributed by atoms with van der Waals surface area (Å²) in [6.07, 6.45) is 1.92. The van der Waals surface area contributed by atoms with Crippen molar-refractivity contribution in [2.75, 3.05) is 5.73 Å². The van der Waals surface area contributed by atoms with E-state index in [4.69, 9.17) is 17.3 Å². The minimum atomic E-state index is 0.163. The molecule has 2 N–H and O–H groups in total. The van der Waals surface area contributed by atoms with E-state index in [-0.39, 0.29) is 5.25 Å². The number of hydrogen-bond acceptors (Lipinski definition) is 2. The third kappa shape index (κ3) is 3.78. The molecule has 0 spiro atoms. The number of nitrogen functional groups attached to an aromatic ring is 1. The molecule has 0 aliphatic carbocycles. The van der Waals surface area contributed by atoms with E-state index in [0.717, 1.165) is 9.37 Å². The van der Waals surface area contributed by atoms with Gasteiger partial charge in [-0.05, 0) is 35.9 Å². The Morgan fingerprint density at radius 2 is 1.89 bits per heavy atom. The van der Waals surface area contributed by atoms with Crippen LogP contribution in [0.15, 0.2) is 64.5 Å². The van der Waals surface area contributed by atoms with Crippen LogP contribution in [0, 0.1) is 0 Å². The first-order chi connectivity index (χ1) is 9.10. The van der Waals surface area contributed by atoms with E-state index in [9.17, 15) is 0 Å². The number of rotatable bonds is 4. The summed E-state index contributed by atoms with van der Waals surface area (Å²) in [6.45, 7) is 3.90. The minimum absolute atomic E-state index is 0.163. The van der Waals surface area contributed by atoms with Crippen molar-refractivity contribution >= 4 is 45.0 Å². The maximum absolute atomic E-state index is 5.98. The van der Waals surface area contributed by atoms with Gasteiger partial charge in [-0.25, -0.2) is 0 Å². The molecule has 0 unspecified atom stereocenters. The topological polar surface area (TPSA) is 26.0 Å². The van der Waals surface area contributed by atoms with Crippen LogP contribution < -0.4 is 5.73 Å². The second kappa shape index (κ2) is 6.51. The molecule has 0 radical (unpaired) electrons. The number of hydrogen-bond donors (Lipinski definition) is 1. The lowest BCUT2D eigenvalue weighted by Gasteiger charge is -2.14. The molecule has 98 valence electrons. The SMILES string of the molecule is C=C[C@@H](Sc1ccc(Cl)cc1N)c1ccc(Br)cc1. The van der Waals surface area contributed by atoms with Gasteiger partial charge in [0.15, 0.2) is 0 Å². The predicted molar refractivity (Wildman–Crippen MR) is 88.8 cm³/mol. The molecule has 0 saturated heterocycles. The van der Waals surface area contributed by atoms with E-state index >= 15 is 0 Å². The summed E-state index contributed by atoms with van der Waals surface area (Å²) in [7, 11) is 0. The smallest absolute Gasteiger partial charge is 0.0522 e. The molecule has 0 amide bonds. The van der Waals surface area contributed by atoms with Crippen molar-refractivity contribution < 1.29 is 0 Å². The molecule has 0 aliphatic heterocycles. The first-order valence-electron chi connectivity index (χ1n) is 5.70. The molecule has 0 heterocycles. The van der Waals surface area contributed by atoms with Gasteiger partial charge in [0.05, 0.1) is 5.25 Å². The van der Waals surface area contributed by atoms with Crippen molar-refractivity contribution in [3.05, 3.63) is 70.2 Å². The molecule has 0 saturated carbocycles. The van der Waals surface area contributed by atoms with Crippen LogP contribution in [0.4, 0.5) is 5.69 Å². The van der Waals surface area contributed by atoms with Crippen LogP contribution in [0.25, 0.3) is 0 Å². The molecule has 4 heteroatoms. The third-order valence-corrected chi connectivity index (χ3v) is 4.75. The van der Waals surface area contributed by atoms with Crippen molar-refractivity contribution in [2.45, 2.75) is 10.1 Å². The second-order valence-corrected chi connectivity index (χ2v) is 6.54. The van der Waals surface area contributed by atoms with Crippen molar-refractivity contribution in [3.63, 3.8) is 0 Å². The van der Waals surface area contributed by atoms with E-state index in [1.165, 1.54) is 5.56 Å². The molecule has 2 rings (SSSR count). The molecule has 2 aromatic carbocycles. The van der Waals surface area contributed by atoms with Crippen LogP contribution in [-0.2, 0) is 0 Å². The fourth-order valence-corrected chi connectivity index (χ4v) is 3.12. The molecular weight excluding hydrogens is 342 g/mol. The molecule has 1 nitrogen and oxygen atoms in total. The van der Waals surface area contributed by atoms with E-state index in [0.29, 0.717) is 10.7 Å². The highest BCUT2D eigenvalue weighted by molar-refractivity contribution is 9.10. The van der Waals surface area contributed by atoms with Gasteiger partial charge >= 0.3 is 0 Å². The largest absolute Gasteiger partial charge is 0.398 e. The summed E-state index contributed by atoms with van der Waals surface area (Å²) in [4.78, 5) is 1.01.